The standard InChI is InChI=1S/C31H29N9O3/c1-2-23(37-28-26-27(34-17-33-26)35-18-36-28)29-38-24-10-6-7-21(25(24)31(42)40(29)22-8-4-3-5-9-22)16-32-15-19-11-13-20(14-12-19)30(41)39-43/h3-14,17-18,23,32,43H,2,15-16H2,1H3,(H,39,41)(H2,33,34,35,36,37). The minimum atomic E-state index is -0.566. The van der Waals surface area contributed by atoms with E-state index in [1.807, 2.05) is 67.6 Å². The molecule has 0 aliphatic carbocycles. The predicted molar refractivity (Wildman–Crippen MR) is 162 cm³/mol. The number of carbonyl (C=O) groups excluding carboxylic acids is 1. The molecule has 0 bridgehead atoms. The van der Waals surface area contributed by atoms with Crippen LogP contribution in [0.2, 0.25) is 0 Å². The molecule has 6 rings (SSSR count). The van der Waals surface area contributed by atoms with Gasteiger partial charge in [-0.15, -0.1) is 0 Å². The molecule has 43 heavy (non-hydrogen) atoms. The molecule has 0 spiro atoms. The van der Waals surface area contributed by atoms with Crippen molar-refractivity contribution in [1.29, 1.82) is 0 Å². The first-order chi connectivity index (χ1) is 21.1. The molecule has 1 atom stereocenters. The number of nitrogens with one attached hydrogen (secondary N) is 4. The van der Waals surface area contributed by atoms with Crippen molar-refractivity contribution >= 4 is 33.8 Å². The zero-order valence-electron chi connectivity index (χ0n) is 23.3. The number of nitrogens with zero attached hydrogens (tertiary/aromatic N) is 5. The van der Waals surface area contributed by atoms with Gasteiger partial charge in [-0.25, -0.2) is 25.4 Å². The summed E-state index contributed by atoms with van der Waals surface area (Å²) in [6.45, 7) is 2.96. The monoisotopic (exact) mass is 575 g/mol. The fraction of sp³-hybridized carbons (Fsp3) is 0.161. The Labute approximate surface area is 245 Å². The molecule has 12 heteroatoms. The highest BCUT2D eigenvalue weighted by molar-refractivity contribution is 5.93. The van der Waals surface area contributed by atoms with Crippen LogP contribution in [0.4, 0.5) is 5.82 Å². The molecule has 5 N–H and O–H groups in total. The van der Waals surface area contributed by atoms with Crippen LogP contribution in [0.15, 0.2) is 90.2 Å². The SMILES string of the molecule is CCC(Nc1ncnc2nc[nH]c12)c1nc2cccc(CNCc3ccc(C(=O)NO)cc3)c2c(=O)n1-c1ccccc1. The van der Waals surface area contributed by atoms with Crippen LogP contribution in [0, 0.1) is 0 Å². The number of fused-ring (bicyclic) bond motifs is 2. The topological polar surface area (TPSA) is 163 Å². The number of anilines is 1. The summed E-state index contributed by atoms with van der Waals surface area (Å²) in [6, 6.07) is 21.7. The summed E-state index contributed by atoms with van der Waals surface area (Å²) in [7, 11) is 0. The van der Waals surface area contributed by atoms with Gasteiger partial charge in [-0.3, -0.25) is 19.4 Å². The fourth-order valence-corrected chi connectivity index (χ4v) is 5.09. The average molecular weight is 576 g/mol. The molecule has 1 unspecified atom stereocenters. The van der Waals surface area contributed by atoms with E-state index in [9.17, 15) is 9.59 Å². The highest BCUT2D eigenvalue weighted by Crippen LogP contribution is 2.26. The second-order valence-electron chi connectivity index (χ2n) is 9.93. The summed E-state index contributed by atoms with van der Waals surface area (Å²) >= 11 is 0. The van der Waals surface area contributed by atoms with Crippen LogP contribution in [0.5, 0.6) is 0 Å². The molecule has 12 nitrogen and oxygen atoms in total. The third-order valence-electron chi connectivity index (χ3n) is 7.24. The van der Waals surface area contributed by atoms with E-state index in [-0.39, 0.29) is 11.6 Å². The minimum absolute atomic E-state index is 0.169. The third-order valence-corrected chi connectivity index (χ3v) is 7.24. The van der Waals surface area contributed by atoms with Gasteiger partial charge in [0.25, 0.3) is 11.5 Å². The Morgan fingerprint density at radius 1 is 0.977 bits per heavy atom. The Bertz CT molecular complexity index is 1950. The lowest BCUT2D eigenvalue weighted by Gasteiger charge is -2.22. The van der Waals surface area contributed by atoms with Crippen LogP contribution in [0.3, 0.4) is 0 Å². The number of para-hydroxylation sites is 1. The number of imidazole rings is 1. The van der Waals surface area contributed by atoms with E-state index in [1.54, 1.807) is 28.5 Å². The number of amides is 1. The normalized spacial score (nSPS) is 12.0. The summed E-state index contributed by atoms with van der Waals surface area (Å²) in [5.41, 5.74) is 6.11. The Hall–Kier alpha value is -5.46. The zero-order chi connectivity index (χ0) is 29.8. The summed E-state index contributed by atoms with van der Waals surface area (Å²) < 4.78 is 1.67. The maximum atomic E-state index is 14.3. The molecule has 0 saturated carbocycles. The van der Waals surface area contributed by atoms with Crippen molar-refractivity contribution < 1.29 is 10.0 Å². The van der Waals surface area contributed by atoms with Crippen molar-refractivity contribution in [3.63, 3.8) is 0 Å². The van der Waals surface area contributed by atoms with Gasteiger partial charge >= 0.3 is 0 Å². The number of aromatic amines is 1. The lowest BCUT2D eigenvalue weighted by Crippen LogP contribution is -2.29. The third kappa shape index (κ3) is 5.56. The first kappa shape index (κ1) is 27.7. The molecule has 0 aliphatic rings. The van der Waals surface area contributed by atoms with Crippen LogP contribution in [-0.4, -0.2) is 40.6 Å². The second kappa shape index (κ2) is 12.2. The molecular formula is C31H29N9O3. The van der Waals surface area contributed by atoms with Crippen molar-refractivity contribution in [2.24, 2.45) is 0 Å². The van der Waals surface area contributed by atoms with Crippen LogP contribution < -0.4 is 21.7 Å². The van der Waals surface area contributed by atoms with Crippen molar-refractivity contribution in [1.82, 2.24) is 40.3 Å². The second-order valence-corrected chi connectivity index (χ2v) is 9.93. The Kier molecular flexibility index (Phi) is 7.85. The molecule has 3 aromatic carbocycles. The number of hydroxylamine groups is 1. The maximum absolute atomic E-state index is 14.3. The molecule has 3 heterocycles. The van der Waals surface area contributed by atoms with Gasteiger partial charge in [-0.2, -0.15) is 0 Å². The summed E-state index contributed by atoms with van der Waals surface area (Å²) in [4.78, 5) is 46.9. The maximum Gasteiger partial charge on any atom is 0.274 e. The van der Waals surface area contributed by atoms with E-state index < -0.39 is 5.91 Å². The van der Waals surface area contributed by atoms with Gasteiger partial charge in [0.1, 0.15) is 17.7 Å². The molecule has 6 aromatic rings. The summed E-state index contributed by atoms with van der Waals surface area (Å²) in [6.07, 6.45) is 3.65. The van der Waals surface area contributed by atoms with Gasteiger partial charge in [0.05, 0.1) is 29.0 Å². The number of benzene rings is 3. The quantitative estimate of drug-likeness (QED) is 0.120. The predicted octanol–water partition coefficient (Wildman–Crippen LogP) is 4.02. The van der Waals surface area contributed by atoms with E-state index in [4.69, 9.17) is 10.2 Å². The zero-order valence-corrected chi connectivity index (χ0v) is 23.3. The highest BCUT2D eigenvalue weighted by atomic mass is 16.5. The van der Waals surface area contributed by atoms with Crippen molar-refractivity contribution in [2.45, 2.75) is 32.5 Å². The van der Waals surface area contributed by atoms with Gasteiger partial charge in [0.15, 0.2) is 11.5 Å². The van der Waals surface area contributed by atoms with Crippen molar-refractivity contribution in [2.75, 3.05) is 5.32 Å². The first-order valence-corrected chi connectivity index (χ1v) is 13.8. The van der Waals surface area contributed by atoms with Crippen LogP contribution in [-0.2, 0) is 13.1 Å². The highest BCUT2D eigenvalue weighted by Gasteiger charge is 2.23. The average Bonchev–Trinajstić information content (AvgIpc) is 3.54. The lowest BCUT2D eigenvalue weighted by molar-refractivity contribution is 0.0706. The molecule has 0 saturated heterocycles. The van der Waals surface area contributed by atoms with Crippen molar-refractivity contribution in [3.05, 3.63) is 118 Å². The van der Waals surface area contributed by atoms with Crippen LogP contribution >= 0.6 is 0 Å². The number of H-pyrrole nitrogens is 1. The van der Waals surface area contributed by atoms with Gasteiger partial charge < -0.3 is 15.6 Å². The van der Waals surface area contributed by atoms with Gasteiger partial charge in [-0.1, -0.05) is 49.4 Å². The van der Waals surface area contributed by atoms with E-state index >= 15 is 0 Å². The largest absolute Gasteiger partial charge is 0.358 e. The fourth-order valence-electron chi connectivity index (χ4n) is 5.09. The summed E-state index contributed by atoms with van der Waals surface area (Å²) in [5.74, 6) is 0.574. The number of carbonyl (C=O) groups is 1. The molecule has 1 amide bonds. The number of hydrogen-bond acceptors (Lipinski definition) is 9. The molecular weight excluding hydrogens is 546 g/mol. The molecule has 216 valence electrons. The Morgan fingerprint density at radius 2 is 1.79 bits per heavy atom. The number of aromatic nitrogens is 6. The molecule has 0 aliphatic heterocycles. The van der Waals surface area contributed by atoms with E-state index in [1.165, 1.54) is 6.33 Å². The molecule has 0 fully saturated rings. The number of hydrogen-bond donors (Lipinski definition) is 5. The van der Waals surface area contributed by atoms with Gasteiger partial charge in [0, 0.05) is 18.7 Å². The van der Waals surface area contributed by atoms with Crippen LogP contribution in [0.1, 0.15) is 46.7 Å². The smallest absolute Gasteiger partial charge is 0.274 e. The summed E-state index contributed by atoms with van der Waals surface area (Å²) in [5, 5.41) is 16.2. The van der Waals surface area contributed by atoms with Crippen LogP contribution in [0.25, 0.3) is 27.8 Å². The van der Waals surface area contributed by atoms with E-state index in [0.29, 0.717) is 64.5 Å². The number of rotatable bonds is 10. The molecule has 0 radical (unpaired) electrons. The lowest BCUT2D eigenvalue weighted by atomic mass is 10.1. The van der Waals surface area contributed by atoms with Crippen molar-refractivity contribution in [3.8, 4) is 5.69 Å². The van der Waals surface area contributed by atoms with E-state index in [0.717, 1.165) is 11.1 Å². The van der Waals surface area contributed by atoms with Gasteiger partial charge in [0.2, 0.25) is 0 Å². The Balaban J connectivity index is 1.36. The van der Waals surface area contributed by atoms with E-state index in [2.05, 4.69) is 30.6 Å². The first-order valence-electron chi connectivity index (χ1n) is 13.8. The molecule has 3 aromatic heterocycles. The minimum Gasteiger partial charge on any atom is -0.358 e. The van der Waals surface area contributed by atoms with Gasteiger partial charge in [-0.05, 0) is 47.9 Å². The Morgan fingerprint density at radius 3 is 2.56 bits per heavy atom.